The van der Waals surface area contributed by atoms with Crippen molar-refractivity contribution in [3.63, 3.8) is 0 Å². The van der Waals surface area contributed by atoms with Gasteiger partial charge < -0.3 is 9.67 Å². The molecule has 0 aliphatic carbocycles. The van der Waals surface area contributed by atoms with Crippen molar-refractivity contribution in [3.8, 4) is 0 Å². The number of pyridine rings is 1. The van der Waals surface area contributed by atoms with Gasteiger partial charge in [-0.05, 0) is 13.0 Å². The Labute approximate surface area is 88.2 Å². The lowest BCUT2D eigenvalue weighted by Gasteiger charge is -2.11. The highest BCUT2D eigenvalue weighted by molar-refractivity contribution is 5.23. The van der Waals surface area contributed by atoms with Crippen LogP contribution in [-0.2, 0) is 7.05 Å². The molecule has 4 heteroatoms. The molecule has 2 aromatic heterocycles. The molecule has 0 fully saturated rings. The highest BCUT2D eigenvalue weighted by Gasteiger charge is 2.13. The minimum Gasteiger partial charge on any atom is -0.382 e. The first-order valence-corrected chi connectivity index (χ1v) is 4.75. The van der Waals surface area contributed by atoms with E-state index in [1.54, 1.807) is 23.3 Å². The fourth-order valence-electron chi connectivity index (χ4n) is 1.44. The molecule has 0 aliphatic heterocycles. The number of aliphatic hydroxyl groups is 1. The summed E-state index contributed by atoms with van der Waals surface area (Å²) in [5, 5.41) is 10.1. The Balaban J connectivity index is 2.32. The lowest BCUT2D eigenvalue weighted by Crippen LogP contribution is -2.05. The van der Waals surface area contributed by atoms with Crippen LogP contribution in [0.3, 0.4) is 0 Å². The van der Waals surface area contributed by atoms with E-state index in [0.717, 1.165) is 17.0 Å². The third kappa shape index (κ3) is 1.89. The van der Waals surface area contributed by atoms with E-state index in [2.05, 4.69) is 9.97 Å². The fraction of sp³-hybridized carbons (Fsp3) is 0.273. The summed E-state index contributed by atoms with van der Waals surface area (Å²) in [7, 11) is 1.85. The van der Waals surface area contributed by atoms with Crippen LogP contribution in [0.4, 0.5) is 0 Å². The maximum Gasteiger partial charge on any atom is 0.122 e. The van der Waals surface area contributed by atoms with E-state index < -0.39 is 6.10 Å². The lowest BCUT2D eigenvalue weighted by molar-refractivity contribution is 0.211. The molecule has 0 aromatic carbocycles. The molecule has 0 bridgehead atoms. The van der Waals surface area contributed by atoms with Crippen LogP contribution in [-0.4, -0.2) is 19.6 Å². The quantitative estimate of drug-likeness (QED) is 0.798. The summed E-state index contributed by atoms with van der Waals surface area (Å²) >= 11 is 0. The first-order valence-electron chi connectivity index (χ1n) is 4.75. The predicted molar refractivity (Wildman–Crippen MR) is 56.2 cm³/mol. The van der Waals surface area contributed by atoms with E-state index in [1.807, 2.05) is 26.1 Å². The van der Waals surface area contributed by atoms with Crippen molar-refractivity contribution >= 4 is 0 Å². The van der Waals surface area contributed by atoms with Gasteiger partial charge in [-0.15, -0.1) is 0 Å². The molecule has 0 radical (unpaired) electrons. The second-order valence-corrected chi connectivity index (χ2v) is 3.56. The van der Waals surface area contributed by atoms with E-state index >= 15 is 0 Å². The molecule has 2 heterocycles. The Hall–Kier alpha value is -1.68. The smallest absolute Gasteiger partial charge is 0.122 e. The van der Waals surface area contributed by atoms with Crippen LogP contribution in [0.2, 0.25) is 0 Å². The molecule has 0 amide bonds. The molecular weight excluding hydrogens is 190 g/mol. The van der Waals surface area contributed by atoms with Crippen LogP contribution in [0, 0.1) is 6.92 Å². The maximum atomic E-state index is 10.1. The third-order valence-electron chi connectivity index (χ3n) is 2.38. The number of hydrogen-bond acceptors (Lipinski definition) is 3. The number of rotatable bonds is 2. The van der Waals surface area contributed by atoms with Crippen molar-refractivity contribution in [1.29, 1.82) is 0 Å². The molecule has 0 saturated heterocycles. The normalized spacial score (nSPS) is 12.7. The van der Waals surface area contributed by atoms with Gasteiger partial charge in [0.15, 0.2) is 0 Å². The number of hydrogen-bond donors (Lipinski definition) is 1. The van der Waals surface area contributed by atoms with Gasteiger partial charge in [0.05, 0.1) is 18.2 Å². The van der Waals surface area contributed by atoms with Crippen LogP contribution >= 0.6 is 0 Å². The molecule has 0 unspecified atom stereocenters. The van der Waals surface area contributed by atoms with Gasteiger partial charge >= 0.3 is 0 Å². The summed E-state index contributed by atoms with van der Waals surface area (Å²) in [5.74, 6) is 0. The van der Waals surface area contributed by atoms with Crippen molar-refractivity contribution in [1.82, 2.24) is 14.5 Å². The zero-order valence-corrected chi connectivity index (χ0v) is 8.75. The molecule has 1 atom stereocenters. The topological polar surface area (TPSA) is 50.9 Å². The van der Waals surface area contributed by atoms with E-state index in [1.165, 1.54) is 0 Å². The number of aryl methyl sites for hydroxylation is 2. The van der Waals surface area contributed by atoms with Crippen LogP contribution in [0.1, 0.15) is 23.1 Å². The standard InChI is InChI=1S/C11H13N3O/c1-8-3-4-9(5-13-8)11(15)10-6-12-7-14(10)2/h3-7,11,15H,1-2H3/t11-/m0/s1. The molecule has 2 aromatic rings. The van der Waals surface area contributed by atoms with Crippen LogP contribution < -0.4 is 0 Å². The zero-order valence-electron chi connectivity index (χ0n) is 8.75. The average molecular weight is 203 g/mol. The van der Waals surface area contributed by atoms with Gasteiger partial charge in [0.2, 0.25) is 0 Å². The lowest BCUT2D eigenvalue weighted by atomic mass is 10.1. The molecular formula is C11H13N3O. The summed E-state index contributed by atoms with van der Waals surface area (Å²) < 4.78 is 1.80. The minimum atomic E-state index is -0.661. The molecule has 1 N–H and O–H groups in total. The number of aromatic nitrogens is 3. The Kier molecular flexibility index (Phi) is 2.51. The fourth-order valence-corrected chi connectivity index (χ4v) is 1.44. The Morgan fingerprint density at radius 1 is 1.33 bits per heavy atom. The van der Waals surface area contributed by atoms with E-state index in [0.29, 0.717) is 0 Å². The summed E-state index contributed by atoms with van der Waals surface area (Å²) in [5.41, 5.74) is 2.49. The molecule has 15 heavy (non-hydrogen) atoms. The molecule has 0 spiro atoms. The Morgan fingerprint density at radius 2 is 2.13 bits per heavy atom. The van der Waals surface area contributed by atoms with Crippen molar-refractivity contribution < 1.29 is 5.11 Å². The van der Waals surface area contributed by atoms with Crippen molar-refractivity contribution in [3.05, 3.63) is 47.8 Å². The summed E-state index contributed by atoms with van der Waals surface area (Å²) in [6.07, 6.45) is 4.35. The number of nitrogens with zero attached hydrogens (tertiary/aromatic N) is 3. The first kappa shape index (κ1) is 9.86. The summed E-state index contributed by atoms with van der Waals surface area (Å²) in [6.45, 7) is 1.92. The van der Waals surface area contributed by atoms with Crippen molar-refractivity contribution in [2.24, 2.45) is 7.05 Å². The zero-order chi connectivity index (χ0) is 10.8. The number of aliphatic hydroxyl groups excluding tert-OH is 1. The van der Waals surface area contributed by atoms with E-state index in [9.17, 15) is 5.11 Å². The summed E-state index contributed by atoms with van der Waals surface area (Å²) in [4.78, 5) is 8.12. The molecule has 0 aliphatic rings. The van der Waals surface area contributed by atoms with Gasteiger partial charge in [0, 0.05) is 24.5 Å². The Morgan fingerprint density at radius 3 is 2.67 bits per heavy atom. The van der Waals surface area contributed by atoms with E-state index in [-0.39, 0.29) is 0 Å². The van der Waals surface area contributed by atoms with Crippen LogP contribution in [0.15, 0.2) is 30.9 Å². The largest absolute Gasteiger partial charge is 0.382 e. The second kappa shape index (κ2) is 3.82. The Bertz CT molecular complexity index is 447. The van der Waals surface area contributed by atoms with Gasteiger partial charge in [-0.25, -0.2) is 4.98 Å². The maximum absolute atomic E-state index is 10.1. The first-order chi connectivity index (χ1) is 7.18. The highest BCUT2D eigenvalue weighted by atomic mass is 16.3. The van der Waals surface area contributed by atoms with Crippen molar-refractivity contribution in [2.75, 3.05) is 0 Å². The molecule has 78 valence electrons. The van der Waals surface area contributed by atoms with Crippen LogP contribution in [0.5, 0.6) is 0 Å². The van der Waals surface area contributed by atoms with Gasteiger partial charge in [-0.3, -0.25) is 4.98 Å². The predicted octanol–water partition coefficient (Wildman–Crippen LogP) is 1.21. The van der Waals surface area contributed by atoms with Crippen molar-refractivity contribution in [2.45, 2.75) is 13.0 Å². The molecule has 2 rings (SSSR count). The summed E-state index contributed by atoms with van der Waals surface area (Å²) in [6, 6.07) is 3.76. The monoisotopic (exact) mass is 203 g/mol. The highest BCUT2D eigenvalue weighted by Crippen LogP contribution is 2.19. The van der Waals surface area contributed by atoms with Gasteiger partial charge in [0.25, 0.3) is 0 Å². The average Bonchev–Trinajstić information content (AvgIpc) is 2.65. The number of imidazole rings is 1. The SMILES string of the molecule is Cc1ccc([C@H](O)c2cncn2C)cn1. The third-order valence-corrected chi connectivity index (χ3v) is 2.38. The van der Waals surface area contributed by atoms with Crippen LogP contribution in [0.25, 0.3) is 0 Å². The molecule has 4 nitrogen and oxygen atoms in total. The second-order valence-electron chi connectivity index (χ2n) is 3.56. The van der Waals surface area contributed by atoms with Gasteiger partial charge in [0.1, 0.15) is 6.10 Å². The minimum absolute atomic E-state index is 0.661. The van der Waals surface area contributed by atoms with Gasteiger partial charge in [-0.2, -0.15) is 0 Å². The van der Waals surface area contributed by atoms with E-state index in [4.69, 9.17) is 0 Å². The van der Waals surface area contributed by atoms with Gasteiger partial charge in [-0.1, -0.05) is 6.07 Å². The molecule has 0 saturated carbocycles.